The van der Waals surface area contributed by atoms with Gasteiger partial charge in [-0.1, -0.05) is 6.07 Å². The van der Waals surface area contributed by atoms with Crippen LogP contribution < -0.4 is 11.1 Å². The van der Waals surface area contributed by atoms with Crippen molar-refractivity contribution in [1.82, 2.24) is 9.78 Å². The first kappa shape index (κ1) is 14.4. The van der Waals surface area contributed by atoms with E-state index in [0.29, 0.717) is 18.8 Å². The molecule has 108 valence electrons. The molecule has 0 bridgehead atoms. The van der Waals surface area contributed by atoms with Crippen molar-refractivity contribution in [3.8, 4) is 0 Å². The molecule has 1 aromatic carbocycles. The van der Waals surface area contributed by atoms with Crippen LogP contribution in [0.5, 0.6) is 0 Å². The van der Waals surface area contributed by atoms with Crippen molar-refractivity contribution < 1.29 is 8.42 Å². The number of aryl methyl sites for hydroxylation is 1. The number of hydrogen-bond acceptors (Lipinski definition) is 5. The molecule has 0 fully saturated rings. The zero-order chi connectivity index (χ0) is 14.8. The number of anilines is 2. The highest BCUT2D eigenvalue weighted by atomic mass is 32.2. The summed E-state index contributed by atoms with van der Waals surface area (Å²) in [5, 5.41) is 7.31. The lowest BCUT2D eigenvalue weighted by molar-refractivity contribution is 0.602. The molecule has 2 aromatic rings. The molecule has 3 N–H and O–H groups in total. The van der Waals surface area contributed by atoms with Gasteiger partial charge >= 0.3 is 0 Å². The standard InChI is InChI=1S/C13H18N4O2S/c1-10-8-16-17(9-10)7-6-15-11-4-3-5-12(13(11)14)20(2,18)19/h3-5,8-9,15H,6-7,14H2,1-2H3. The molecule has 0 spiro atoms. The van der Waals surface area contributed by atoms with Crippen LogP contribution in [0.3, 0.4) is 0 Å². The minimum atomic E-state index is -3.31. The van der Waals surface area contributed by atoms with E-state index >= 15 is 0 Å². The molecule has 0 unspecified atom stereocenters. The van der Waals surface area contributed by atoms with Crippen LogP contribution in [0.1, 0.15) is 5.56 Å². The van der Waals surface area contributed by atoms with Crippen molar-refractivity contribution >= 4 is 21.2 Å². The number of para-hydroxylation sites is 1. The predicted octanol–water partition coefficient (Wildman–Crippen LogP) is 1.29. The predicted molar refractivity (Wildman–Crippen MR) is 79.4 cm³/mol. The van der Waals surface area contributed by atoms with Crippen molar-refractivity contribution in [3.63, 3.8) is 0 Å². The molecule has 0 radical (unpaired) electrons. The van der Waals surface area contributed by atoms with E-state index < -0.39 is 9.84 Å². The van der Waals surface area contributed by atoms with Crippen molar-refractivity contribution in [2.24, 2.45) is 0 Å². The smallest absolute Gasteiger partial charge is 0.177 e. The molecule has 0 saturated heterocycles. The van der Waals surface area contributed by atoms with Gasteiger partial charge in [0.05, 0.1) is 29.0 Å². The van der Waals surface area contributed by atoms with Crippen LogP contribution in [0.4, 0.5) is 11.4 Å². The van der Waals surface area contributed by atoms with Gasteiger partial charge in [-0.25, -0.2) is 8.42 Å². The van der Waals surface area contributed by atoms with E-state index in [1.807, 2.05) is 17.8 Å². The quantitative estimate of drug-likeness (QED) is 0.811. The molecule has 0 atom stereocenters. The van der Waals surface area contributed by atoms with Crippen LogP contribution in [-0.4, -0.2) is 31.0 Å². The van der Waals surface area contributed by atoms with Gasteiger partial charge in [-0.15, -0.1) is 0 Å². The van der Waals surface area contributed by atoms with Crippen molar-refractivity contribution in [1.29, 1.82) is 0 Å². The van der Waals surface area contributed by atoms with Crippen molar-refractivity contribution in [2.75, 3.05) is 23.9 Å². The Morgan fingerprint density at radius 1 is 1.40 bits per heavy atom. The fraction of sp³-hybridized carbons (Fsp3) is 0.308. The number of sulfone groups is 1. The van der Waals surface area contributed by atoms with Crippen LogP contribution in [0.15, 0.2) is 35.5 Å². The maximum absolute atomic E-state index is 11.6. The summed E-state index contributed by atoms with van der Waals surface area (Å²) < 4.78 is 25.0. The lowest BCUT2D eigenvalue weighted by Gasteiger charge is -2.12. The maximum Gasteiger partial charge on any atom is 0.177 e. The van der Waals surface area contributed by atoms with E-state index in [0.717, 1.165) is 11.8 Å². The molecule has 2 rings (SSSR count). The van der Waals surface area contributed by atoms with Gasteiger partial charge in [0.1, 0.15) is 0 Å². The summed E-state index contributed by atoms with van der Waals surface area (Å²) >= 11 is 0. The highest BCUT2D eigenvalue weighted by Crippen LogP contribution is 2.26. The Kier molecular flexibility index (Phi) is 3.99. The molecule has 0 aliphatic carbocycles. The Bertz CT molecular complexity index is 707. The van der Waals surface area contributed by atoms with Gasteiger partial charge in [-0.3, -0.25) is 4.68 Å². The largest absolute Gasteiger partial charge is 0.396 e. The van der Waals surface area contributed by atoms with E-state index in [1.165, 1.54) is 6.07 Å². The summed E-state index contributed by atoms with van der Waals surface area (Å²) in [7, 11) is -3.31. The molecule has 1 aromatic heterocycles. The lowest BCUT2D eigenvalue weighted by Crippen LogP contribution is -2.13. The van der Waals surface area contributed by atoms with Gasteiger partial charge in [0.15, 0.2) is 9.84 Å². The molecule has 0 saturated carbocycles. The van der Waals surface area contributed by atoms with E-state index in [4.69, 9.17) is 5.73 Å². The molecule has 7 heteroatoms. The highest BCUT2D eigenvalue weighted by Gasteiger charge is 2.13. The fourth-order valence-corrected chi connectivity index (χ4v) is 2.75. The summed E-state index contributed by atoms with van der Waals surface area (Å²) in [5.41, 5.74) is 7.87. The minimum Gasteiger partial charge on any atom is -0.396 e. The van der Waals surface area contributed by atoms with Gasteiger partial charge in [-0.2, -0.15) is 5.10 Å². The van der Waals surface area contributed by atoms with E-state index in [9.17, 15) is 8.42 Å². The molecule has 0 aliphatic heterocycles. The number of rotatable bonds is 5. The van der Waals surface area contributed by atoms with Crippen molar-refractivity contribution in [3.05, 3.63) is 36.2 Å². The third-order valence-corrected chi connectivity index (χ3v) is 4.04. The summed E-state index contributed by atoms with van der Waals surface area (Å²) in [6.45, 7) is 3.26. The molecule has 0 amide bonds. The number of nitrogens with two attached hydrogens (primary N) is 1. The van der Waals surface area contributed by atoms with Crippen molar-refractivity contribution in [2.45, 2.75) is 18.4 Å². The van der Waals surface area contributed by atoms with Gasteiger partial charge in [-0.05, 0) is 24.6 Å². The average molecular weight is 294 g/mol. The molecule has 6 nitrogen and oxygen atoms in total. The number of benzene rings is 1. The Morgan fingerprint density at radius 2 is 2.15 bits per heavy atom. The van der Waals surface area contributed by atoms with Gasteiger partial charge < -0.3 is 11.1 Å². The summed E-state index contributed by atoms with van der Waals surface area (Å²) in [6, 6.07) is 4.94. The lowest BCUT2D eigenvalue weighted by atomic mass is 10.2. The second kappa shape index (κ2) is 5.54. The summed E-state index contributed by atoms with van der Waals surface area (Å²) in [5.74, 6) is 0. The van der Waals surface area contributed by atoms with E-state index in [2.05, 4.69) is 10.4 Å². The first-order chi connectivity index (χ1) is 9.38. The molecular formula is C13H18N4O2S. The van der Waals surface area contributed by atoms with Crippen LogP contribution in [-0.2, 0) is 16.4 Å². The maximum atomic E-state index is 11.6. The normalized spacial score (nSPS) is 11.5. The van der Waals surface area contributed by atoms with Gasteiger partial charge in [0.25, 0.3) is 0 Å². The highest BCUT2D eigenvalue weighted by molar-refractivity contribution is 7.90. The molecule has 20 heavy (non-hydrogen) atoms. The summed E-state index contributed by atoms with van der Waals surface area (Å²) in [6.07, 6.45) is 4.88. The fourth-order valence-electron chi connectivity index (χ4n) is 1.92. The van der Waals surface area contributed by atoms with Gasteiger partial charge in [0, 0.05) is 19.0 Å². The zero-order valence-corrected chi connectivity index (χ0v) is 12.3. The Labute approximate surface area is 118 Å². The van der Waals surface area contributed by atoms with Crippen LogP contribution in [0.2, 0.25) is 0 Å². The SMILES string of the molecule is Cc1cnn(CCNc2cccc(S(C)(=O)=O)c2N)c1. The topological polar surface area (TPSA) is 90.0 Å². The third kappa shape index (κ3) is 3.30. The monoisotopic (exact) mass is 294 g/mol. The Hall–Kier alpha value is -2.02. The minimum absolute atomic E-state index is 0.150. The average Bonchev–Trinajstić information content (AvgIpc) is 2.76. The third-order valence-electron chi connectivity index (χ3n) is 2.88. The zero-order valence-electron chi connectivity index (χ0n) is 11.5. The Morgan fingerprint density at radius 3 is 2.75 bits per heavy atom. The van der Waals surface area contributed by atoms with Crippen LogP contribution >= 0.6 is 0 Å². The first-order valence-electron chi connectivity index (χ1n) is 6.19. The van der Waals surface area contributed by atoms with Gasteiger partial charge in [0.2, 0.25) is 0 Å². The number of hydrogen-bond donors (Lipinski definition) is 2. The molecule has 1 heterocycles. The second-order valence-electron chi connectivity index (χ2n) is 4.70. The molecular weight excluding hydrogens is 276 g/mol. The number of nitrogens with one attached hydrogen (secondary N) is 1. The summed E-state index contributed by atoms with van der Waals surface area (Å²) in [4.78, 5) is 0.150. The Balaban J connectivity index is 2.07. The van der Waals surface area contributed by atoms with E-state index in [-0.39, 0.29) is 10.6 Å². The van der Waals surface area contributed by atoms with Crippen LogP contribution in [0, 0.1) is 6.92 Å². The number of nitrogens with zero attached hydrogens (tertiary/aromatic N) is 2. The number of nitrogen functional groups attached to an aromatic ring is 1. The van der Waals surface area contributed by atoms with Crippen LogP contribution in [0.25, 0.3) is 0 Å². The van der Waals surface area contributed by atoms with E-state index in [1.54, 1.807) is 18.3 Å². The number of aromatic nitrogens is 2. The first-order valence-corrected chi connectivity index (χ1v) is 8.08. The molecule has 0 aliphatic rings. The second-order valence-corrected chi connectivity index (χ2v) is 6.68.